The number of hydrogen-bond donors (Lipinski definition) is 1. The summed E-state index contributed by atoms with van der Waals surface area (Å²) in [6.07, 6.45) is 0.900. The monoisotopic (exact) mass is 698 g/mol. The van der Waals surface area contributed by atoms with Crippen molar-refractivity contribution in [2.24, 2.45) is 0 Å². The molecule has 1 N–H and O–H groups in total. The summed E-state index contributed by atoms with van der Waals surface area (Å²) in [4.78, 5) is 40.9. The van der Waals surface area contributed by atoms with Crippen LogP contribution < -0.4 is 5.32 Å². The summed E-state index contributed by atoms with van der Waals surface area (Å²) in [5.41, 5.74) is -0.840. The molecule has 0 aliphatic carbocycles. The molecule has 0 unspecified atom stereocenters. The van der Waals surface area contributed by atoms with Crippen molar-refractivity contribution >= 4 is 51.5 Å². The van der Waals surface area contributed by atoms with Gasteiger partial charge in [-0.15, -0.1) is 0 Å². The maximum atomic E-state index is 14.3. The highest BCUT2D eigenvalue weighted by Gasteiger charge is 2.38. The predicted octanol–water partition coefficient (Wildman–Crippen LogP) is 6.84. The summed E-state index contributed by atoms with van der Waals surface area (Å²) in [5, 5.41) is 3.55. The van der Waals surface area contributed by atoms with Crippen LogP contribution in [0.4, 0.5) is 9.59 Å². The van der Waals surface area contributed by atoms with Gasteiger partial charge in [-0.2, -0.15) is 17.0 Å². The molecule has 0 aromatic heterocycles. The van der Waals surface area contributed by atoms with E-state index in [1.807, 2.05) is 0 Å². The maximum Gasteiger partial charge on any atom is 0.425 e. The van der Waals surface area contributed by atoms with Crippen molar-refractivity contribution in [1.82, 2.24) is 18.8 Å². The first kappa shape index (κ1) is 37.4. The van der Waals surface area contributed by atoms with Crippen molar-refractivity contribution in [3.8, 4) is 0 Å². The number of nitrogens with zero attached hydrogens (tertiary/aromatic N) is 3. The summed E-state index contributed by atoms with van der Waals surface area (Å²) in [6, 6.07) is 12.4. The molecule has 2 aromatic rings. The van der Waals surface area contributed by atoms with Gasteiger partial charge < -0.3 is 19.7 Å². The van der Waals surface area contributed by atoms with Gasteiger partial charge in [-0.3, -0.25) is 4.79 Å². The second kappa shape index (κ2) is 15.7. The Balaban J connectivity index is 1.86. The Labute approximate surface area is 282 Å². The molecular weight excluding hydrogens is 655 g/mol. The number of rotatable bonds is 11. The Morgan fingerprint density at radius 3 is 2.04 bits per heavy atom. The maximum absolute atomic E-state index is 14.3. The molecule has 1 fully saturated rings. The van der Waals surface area contributed by atoms with Crippen LogP contribution in [0.15, 0.2) is 48.5 Å². The average molecular weight is 700 g/mol. The lowest BCUT2D eigenvalue weighted by molar-refractivity contribution is 0.0215. The molecule has 1 aliphatic rings. The van der Waals surface area contributed by atoms with E-state index in [0.29, 0.717) is 39.3 Å². The zero-order chi connectivity index (χ0) is 34.3. The Morgan fingerprint density at radius 1 is 0.913 bits per heavy atom. The summed E-state index contributed by atoms with van der Waals surface area (Å²) in [7, 11) is -4.56. The number of benzene rings is 2. The second-order valence-electron chi connectivity index (χ2n) is 13.1. The van der Waals surface area contributed by atoms with Gasteiger partial charge in [0, 0.05) is 34.7 Å². The normalized spacial score (nSPS) is 15.5. The first-order chi connectivity index (χ1) is 21.4. The van der Waals surface area contributed by atoms with Gasteiger partial charge in [0.05, 0.1) is 13.2 Å². The predicted molar refractivity (Wildman–Crippen MR) is 178 cm³/mol. The minimum Gasteiger partial charge on any atom is -0.444 e. The number of carbonyl (C=O) groups excluding carboxylic acids is 3. The first-order valence-electron chi connectivity index (χ1n) is 15.1. The minimum absolute atomic E-state index is 0.0538. The second-order valence-corrected chi connectivity index (χ2v) is 15.8. The summed E-state index contributed by atoms with van der Waals surface area (Å²) in [5.74, 6) is -0.523. The summed E-state index contributed by atoms with van der Waals surface area (Å²) < 4.78 is 41.3. The zero-order valence-electron chi connectivity index (χ0n) is 27.2. The first-order valence-corrected chi connectivity index (χ1v) is 17.3. The quantitative estimate of drug-likeness (QED) is 0.255. The number of likely N-dealkylation sites (tertiary alicyclic amines) is 1. The van der Waals surface area contributed by atoms with E-state index < -0.39 is 46.2 Å². The van der Waals surface area contributed by atoms with Crippen LogP contribution in [0, 0.1) is 0 Å². The van der Waals surface area contributed by atoms with Crippen LogP contribution in [0.2, 0.25) is 10.0 Å². The molecule has 0 saturated carbocycles. The molecule has 1 heterocycles. The molecular formula is C32H44Cl2N4O7S. The van der Waals surface area contributed by atoms with E-state index in [1.54, 1.807) is 82.8 Å². The Morgan fingerprint density at radius 2 is 1.48 bits per heavy atom. The van der Waals surface area contributed by atoms with E-state index in [-0.39, 0.29) is 24.7 Å². The third-order valence-electron chi connectivity index (χ3n) is 6.91. The molecule has 46 heavy (non-hydrogen) atoms. The lowest BCUT2D eigenvalue weighted by Crippen LogP contribution is -2.51. The molecule has 0 spiro atoms. The molecule has 0 radical (unpaired) electrons. The Bertz CT molecular complexity index is 1460. The van der Waals surface area contributed by atoms with E-state index in [4.69, 9.17) is 32.7 Å². The zero-order valence-corrected chi connectivity index (χ0v) is 29.5. The molecule has 1 aliphatic heterocycles. The average Bonchev–Trinajstić information content (AvgIpc) is 3.41. The van der Waals surface area contributed by atoms with Crippen LogP contribution >= 0.6 is 23.2 Å². The third kappa shape index (κ3) is 11.3. The lowest BCUT2D eigenvalue weighted by Gasteiger charge is -2.32. The highest BCUT2D eigenvalue weighted by molar-refractivity contribution is 7.87. The van der Waals surface area contributed by atoms with Gasteiger partial charge in [-0.05, 0) is 109 Å². The van der Waals surface area contributed by atoms with Gasteiger partial charge in [0.2, 0.25) is 0 Å². The fourth-order valence-electron chi connectivity index (χ4n) is 4.79. The molecule has 14 heteroatoms. The number of amides is 3. The van der Waals surface area contributed by atoms with Gasteiger partial charge in [0.15, 0.2) is 0 Å². The molecule has 11 nitrogen and oxygen atoms in total. The molecule has 254 valence electrons. The third-order valence-corrected chi connectivity index (χ3v) is 9.22. The van der Waals surface area contributed by atoms with E-state index in [1.165, 1.54) is 12.1 Å². The SMILES string of the molecule is CC(C)(C)OC(=O)N1CCC[C@H]1CCCN(CNC(=O)c1ccc(Cl)cc1)S(=O)(=O)N(Cc1ccc(Cl)cc1)C(=O)OC(C)(C)C. The molecule has 3 amide bonds. The van der Waals surface area contributed by atoms with Crippen LogP contribution in [-0.2, 0) is 26.2 Å². The topological polar surface area (TPSA) is 126 Å². The lowest BCUT2D eigenvalue weighted by atomic mass is 10.1. The fraction of sp³-hybridized carbons (Fsp3) is 0.531. The van der Waals surface area contributed by atoms with Gasteiger partial charge in [0.25, 0.3) is 5.91 Å². The van der Waals surface area contributed by atoms with E-state index in [2.05, 4.69) is 5.32 Å². The van der Waals surface area contributed by atoms with Crippen molar-refractivity contribution in [2.75, 3.05) is 19.8 Å². The van der Waals surface area contributed by atoms with Crippen LogP contribution in [0.25, 0.3) is 0 Å². The highest BCUT2D eigenvalue weighted by Crippen LogP contribution is 2.25. The van der Waals surface area contributed by atoms with Crippen LogP contribution in [0.3, 0.4) is 0 Å². The van der Waals surface area contributed by atoms with Gasteiger partial charge in [-0.25, -0.2) is 9.59 Å². The highest BCUT2D eigenvalue weighted by atomic mass is 35.5. The molecule has 3 rings (SSSR count). The van der Waals surface area contributed by atoms with Crippen LogP contribution in [-0.4, -0.2) is 77.0 Å². The van der Waals surface area contributed by atoms with Crippen molar-refractivity contribution in [1.29, 1.82) is 0 Å². The molecule has 1 saturated heterocycles. The number of hydrogen-bond acceptors (Lipinski definition) is 7. The smallest absolute Gasteiger partial charge is 0.425 e. The van der Waals surface area contributed by atoms with Crippen molar-refractivity contribution < 1.29 is 32.3 Å². The van der Waals surface area contributed by atoms with E-state index in [0.717, 1.165) is 17.1 Å². The summed E-state index contributed by atoms with van der Waals surface area (Å²) in [6.45, 7) is 10.1. The van der Waals surface area contributed by atoms with Gasteiger partial charge in [-0.1, -0.05) is 35.3 Å². The van der Waals surface area contributed by atoms with Gasteiger partial charge in [0.1, 0.15) is 11.2 Å². The van der Waals surface area contributed by atoms with Crippen molar-refractivity contribution in [2.45, 2.75) is 91.0 Å². The number of carbonyl (C=O) groups is 3. The van der Waals surface area contributed by atoms with Crippen LogP contribution in [0.5, 0.6) is 0 Å². The van der Waals surface area contributed by atoms with Crippen molar-refractivity contribution in [3.63, 3.8) is 0 Å². The standard InChI is InChI=1S/C32H44Cl2N4O7S/c1-31(2,3)44-29(40)37-20-8-10-27(37)9-7-19-36(22-35-28(39)24-13-17-26(34)18-14-24)46(42,43)38(30(41)45-32(4,5)6)21-23-11-15-25(33)16-12-23/h11-18,27H,7-10,19-22H2,1-6H3,(H,35,39)/t27-/m1/s1. The van der Waals surface area contributed by atoms with E-state index in [9.17, 15) is 22.8 Å². The minimum atomic E-state index is -4.56. The molecule has 0 bridgehead atoms. The van der Waals surface area contributed by atoms with Gasteiger partial charge >= 0.3 is 22.4 Å². The Kier molecular flexibility index (Phi) is 12.8. The van der Waals surface area contributed by atoms with Crippen LogP contribution in [0.1, 0.15) is 83.1 Å². The number of halogens is 2. The Hall–Kier alpha value is -3.06. The number of ether oxygens (including phenoxy) is 2. The van der Waals surface area contributed by atoms with Crippen molar-refractivity contribution in [3.05, 3.63) is 69.7 Å². The fourth-order valence-corrected chi connectivity index (χ4v) is 6.44. The number of nitrogens with one attached hydrogen (secondary N) is 1. The molecule has 1 atom stereocenters. The summed E-state index contributed by atoms with van der Waals surface area (Å²) >= 11 is 12.0. The van der Waals surface area contributed by atoms with E-state index >= 15 is 0 Å². The molecule has 2 aromatic carbocycles. The largest absolute Gasteiger partial charge is 0.444 e.